The van der Waals surface area contributed by atoms with Gasteiger partial charge in [-0.25, -0.2) is 13.2 Å². The lowest BCUT2D eigenvalue weighted by molar-refractivity contribution is -0.138. The molecule has 174 valence electrons. The van der Waals surface area contributed by atoms with Crippen LogP contribution in [0, 0.1) is 11.3 Å². The monoisotopic (exact) mass is 451 g/mol. The Hall–Kier alpha value is -3.10. The zero-order valence-electron chi connectivity index (χ0n) is 18.1. The minimum atomic E-state index is -2.45. The van der Waals surface area contributed by atoms with Gasteiger partial charge in [0.05, 0.1) is 11.7 Å². The van der Waals surface area contributed by atoms with Crippen LogP contribution in [0.2, 0.25) is 0 Å². The van der Waals surface area contributed by atoms with Crippen molar-refractivity contribution in [3.63, 3.8) is 0 Å². The highest BCUT2D eigenvalue weighted by molar-refractivity contribution is 5.93. The van der Waals surface area contributed by atoms with Crippen LogP contribution >= 0.6 is 0 Å². The SMILES string of the molecule is CC(C)C(NC(=O)Cn1cc(Cc2ccccc2)cc(N)c1=O)C(=O)C(CF)(CF)CF. The molecule has 0 aliphatic heterocycles. The number of benzene rings is 1. The van der Waals surface area contributed by atoms with Gasteiger partial charge in [0.2, 0.25) is 5.91 Å². The average Bonchev–Trinajstić information content (AvgIpc) is 2.77. The Bertz CT molecular complexity index is 981. The molecule has 1 amide bonds. The Labute approximate surface area is 184 Å². The molecule has 0 radical (unpaired) electrons. The molecule has 1 unspecified atom stereocenters. The van der Waals surface area contributed by atoms with Crippen LogP contribution in [-0.4, -0.2) is 42.3 Å². The lowest BCUT2D eigenvalue weighted by Crippen LogP contribution is -2.54. The number of nitrogen functional groups attached to an aromatic ring is 1. The number of pyridine rings is 1. The molecule has 0 fully saturated rings. The van der Waals surface area contributed by atoms with Gasteiger partial charge in [0.25, 0.3) is 5.56 Å². The molecule has 0 bridgehead atoms. The Morgan fingerprint density at radius 3 is 2.19 bits per heavy atom. The van der Waals surface area contributed by atoms with Crippen LogP contribution in [0.4, 0.5) is 18.9 Å². The Morgan fingerprint density at radius 1 is 1.06 bits per heavy atom. The molecule has 2 rings (SSSR count). The van der Waals surface area contributed by atoms with Crippen LogP contribution in [0.5, 0.6) is 0 Å². The van der Waals surface area contributed by atoms with E-state index in [-0.39, 0.29) is 5.69 Å². The number of carbonyl (C=O) groups is 2. The second-order valence-electron chi connectivity index (χ2n) is 8.23. The molecule has 3 N–H and O–H groups in total. The van der Waals surface area contributed by atoms with Crippen LogP contribution in [0.25, 0.3) is 0 Å². The first kappa shape index (κ1) is 25.2. The number of ketones is 1. The molecular formula is C23H28F3N3O3. The van der Waals surface area contributed by atoms with Crippen molar-refractivity contribution in [2.45, 2.75) is 32.9 Å². The van der Waals surface area contributed by atoms with Gasteiger partial charge in [-0.05, 0) is 29.5 Å². The molecule has 0 spiro atoms. The van der Waals surface area contributed by atoms with Crippen molar-refractivity contribution < 1.29 is 22.8 Å². The summed E-state index contributed by atoms with van der Waals surface area (Å²) in [5, 5.41) is 2.40. The van der Waals surface area contributed by atoms with Crippen molar-refractivity contribution in [3.05, 3.63) is 64.1 Å². The Kier molecular flexibility index (Phi) is 8.63. The van der Waals surface area contributed by atoms with E-state index in [0.717, 1.165) is 10.1 Å². The van der Waals surface area contributed by atoms with E-state index >= 15 is 0 Å². The third-order valence-electron chi connectivity index (χ3n) is 5.29. The molecule has 9 heteroatoms. The minimum Gasteiger partial charge on any atom is -0.394 e. The standard InChI is InChI=1S/C23H28F3N3O3/c1-15(2)20(21(31)23(12-24,13-25)14-26)28-19(30)11-29-10-17(9-18(27)22(29)32)8-16-6-4-3-5-7-16/h3-7,9-10,15,20H,8,11-14,27H2,1-2H3,(H,28,30). The second-order valence-corrected chi connectivity index (χ2v) is 8.23. The fourth-order valence-electron chi connectivity index (χ4n) is 3.31. The molecule has 6 nitrogen and oxygen atoms in total. The number of carbonyl (C=O) groups excluding carboxylic acids is 2. The predicted molar refractivity (Wildman–Crippen MR) is 116 cm³/mol. The van der Waals surface area contributed by atoms with E-state index in [0.29, 0.717) is 12.0 Å². The topological polar surface area (TPSA) is 94.2 Å². The van der Waals surface area contributed by atoms with E-state index in [2.05, 4.69) is 5.32 Å². The summed E-state index contributed by atoms with van der Waals surface area (Å²) >= 11 is 0. The number of hydrogen-bond acceptors (Lipinski definition) is 4. The maximum atomic E-state index is 13.3. The van der Waals surface area contributed by atoms with E-state index in [1.165, 1.54) is 12.3 Å². The van der Waals surface area contributed by atoms with Gasteiger partial charge in [-0.15, -0.1) is 0 Å². The molecule has 1 heterocycles. The second kappa shape index (κ2) is 11.0. The van der Waals surface area contributed by atoms with Gasteiger partial charge in [0, 0.05) is 6.20 Å². The lowest BCUT2D eigenvalue weighted by Gasteiger charge is -2.30. The molecule has 0 saturated heterocycles. The number of aromatic nitrogens is 1. The fourth-order valence-corrected chi connectivity index (χ4v) is 3.31. The van der Waals surface area contributed by atoms with E-state index in [4.69, 9.17) is 5.73 Å². The zero-order valence-corrected chi connectivity index (χ0v) is 18.1. The summed E-state index contributed by atoms with van der Waals surface area (Å²) in [6.45, 7) is -1.89. The van der Waals surface area contributed by atoms with E-state index in [1.54, 1.807) is 13.8 Å². The Morgan fingerprint density at radius 2 is 1.66 bits per heavy atom. The smallest absolute Gasteiger partial charge is 0.274 e. The number of hydrogen-bond donors (Lipinski definition) is 2. The molecule has 2 aromatic rings. The first-order chi connectivity index (χ1) is 15.2. The molecule has 1 aromatic heterocycles. The van der Waals surface area contributed by atoms with Crippen LogP contribution in [-0.2, 0) is 22.6 Å². The highest BCUT2D eigenvalue weighted by atomic mass is 19.1. The number of halogens is 3. The highest BCUT2D eigenvalue weighted by Gasteiger charge is 2.44. The van der Waals surface area contributed by atoms with Gasteiger partial charge in [0.1, 0.15) is 32.0 Å². The van der Waals surface area contributed by atoms with Crippen LogP contribution in [0.15, 0.2) is 47.4 Å². The summed E-state index contributed by atoms with van der Waals surface area (Å²) in [5.41, 5.74) is 4.41. The molecule has 0 aliphatic rings. The molecule has 1 atom stereocenters. The van der Waals surface area contributed by atoms with Gasteiger partial charge in [0.15, 0.2) is 5.78 Å². The molecular weight excluding hydrogens is 423 g/mol. The van der Waals surface area contributed by atoms with E-state index in [9.17, 15) is 27.6 Å². The van der Waals surface area contributed by atoms with Gasteiger partial charge >= 0.3 is 0 Å². The number of alkyl halides is 3. The Balaban J connectivity index is 2.23. The van der Waals surface area contributed by atoms with Crippen LogP contribution in [0.3, 0.4) is 0 Å². The number of rotatable bonds is 11. The highest BCUT2D eigenvalue weighted by Crippen LogP contribution is 2.25. The van der Waals surface area contributed by atoms with Crippen LogP contribution < -0.4 is 16.6 Å². The number of Topliss-reactive ketones (excluding diaryl/α,β-unsaturated/α-hetero) is 1. The predicted octanol–water partition coefficient (Wildman–Crippen LogP) is 2.63. The van der Waals surface area contributed by atoms with Crippen molar-refractivity contribution in [2.75, 3.05) is 25.8 Å². The number of nitrogens with zero attached hydrogens (tertiary/aromatic N) is 1. The number of amides is 1. The summed E-state index contributed by atoms with van der Waals surface area (Å²) in [5.74, 6) is -2.35. The molecule has 0 saturated carbocycles. The lowest BCUT2D eigenvalue weighted by atomic mass is 9.80. The molecule has 32 heavy (non-hydrogen) atoms. The van der Waals surface area contributed by atoms with Crippen molar-refractivity contribution in [1.29, 1.82) is 0 Å². The van der Waals surface area contributed by atoms with Gasteiger partial charge in [-0.1, -0.05) is 44.2 Å². The quantitative estimate of drug-likeness (QED) is 0.549. The van der Waals surface area contributed by atoms with Gasteiger partial charge < -0.3 is 15.6 Å². The number of anilines is 1. The zero-order chi connectivity index (χ0) is 23.9. The first-order valence-corrected chi connectivity index (χ1v) is 10.2. The van der Waals surface area contributed by atoms with Gasteiger partial charge in [-0.2, -0.15) is 0 Å². The summed E-state index contributed by atoms with van der Waals surface area (Å²) < 4.78 is 41.1. The summed E-state index contributed by atoms with van der Waals surface area (Å²) in [6.07, 6.45) is 1.97. The molecule has 0 aliphatic carbocycles. The largest absolute Gasteiger partial charge is 0.394 e. The van der Waals surface area contributed by atoms with Crippen molar-refractivity contribution in [3.8, 4) is 0 Å². The third-order valence-corrected chi connectivity index (χ3v) is 5.29. The van der Waals surface area contributed by atoms with E-state index < -0.39 is 61.2 Å². The van der Waals surface area contributed by atoms with Crippen molar-refractivity contribution in [1.82, 2.24) is 9.88 Å². The third kappa shape index (κ3) is 5.77. The number of nitrogens with one attached hydrogen (secondary N) is 1. The maximum absolute atomic E-state index is 13.3. The first-order valence-electron chi connectivity index (χ1n) is 10.2. The van der Waals surface area contributed by atoms with Crippen LogP contribution in [0.1, 0.15) is 25.0 Å². The maximum Gasteiger partial charge on any atom is 0.274 e. The number of nitrogens with two attached hydrogens (primary N) is 1. The summed E-state index contributed by atoms with van der Waals surface area (Å²) in [6, 6.07) is 9.65. The van der Waals surface area contributed by atoms with Crippen molar-refractivity contribution in [2.24, 2.45) is 11.3 Å². The minimum absolute atomic E-state index is 0.0472. The van der Waals surface area contributed by atoms with Crippen molar-refractivity contribution >= 4 is 17.4 Å². The fraction of sp³-hybridized carbons (Fsp3) is 0.435. The summed E-state index contributed by atoms with van der Waals surface area (Å²) in [4.78, 5) is 37.7. The average molecular weight is 451 g/mol. The van der Waals surface area contributed by atoms with Gasteiger partial charge in [-0.3, -0.25) is 14.4 Å². The normalized spacial score (nSPS) is 12.6. The molecule has 1 aromatic carbocycles. The summed E-state index contributed by atoms with van der Waals surface area (Å²) in [7, 11) is 0. The van der Waals surface area contributed by atoms with E-state index in [1.807, 2.05) is 30.3 Å².